The molecule has 0 atom stereocenters. The van der Waals surface area contributed by atoms with Gasteiger partial charge < -0.3 is 15.6 Å². The molecular formula is C25H20ClFN4O2. The van der Waals surface area contributed by atoms with Crippen LogP contribution in [-0.4, -0.2) is 21.8 Å². The SMILES string of the molecule is Cc1[nH]c(-c2cccc(Cl)c2)nc1C(=O)Nc1ccc(F)c(NC(=O)Cc2ccccc2)c1. The van der Waals surface area contributed by atoms with E-state index in [1.165, 1.54) is 18.2 Å². The Morgan fingerprint density at radius 3 is 2.55 bits per heavy atom. The Morgan fingerprint density at radius 2 is 1.79 bits per heavy atom. The number of carbonyl (C=O) groups is 2. The first-order chi connectivity index (χ1) is 15.9. The van der Waals surface area contributed by atoms with Gasteiger partial charge in [0.1, 0.15) is 17.3 Å². The molecule has 2 amide bonds. The van der Waals surface area contributed by atoms with E-state index in [2.05, 4.69) is 20.6 Å². The van der Waals surface area contributed by atoms with Gasteiger partial charge >= 0.3 is 0 Å². The summed E-state index contributed by atoms with van der Waals surface area (Å²) < 4.78 is 14.3. The summed E-state index contributed by atoms with van der Waals surface area (Å²) in [6.07, 6.45) is 0.107. The second-order valence-electron chi connectivity index (χ2n) is 7.43. The molecule has 1 aromatic heterocycles. The molecule has 4 aromatic rings. The number of aromatic nitrogens is 2. The van der Waals surface area contributed by atoms with Gasteiger partial charge in [0, 0.05) is 22.0 Å². The molecule has 1 heterocycles. The van der Waals surface area contributed by atoms with Gasteiger partial charge in [0.15, 0.2) is 0 Å². The largest absolute Gasteiger partial charge is 0.341 e. The summed E-state index contributed by atoms with van der Waals surface area (Å²) in [5, 5.41) is 5.81. The van der Waals surface area contributed by atoms with E-state index in [9.17, 15) is 14.0 Å². The van der Waals surface area contributed by atoms with E-state index in [0.717, 1.165) is 11.1 Å². The monoisotopic (exact) mass is 462 g/mol. The minimum atomic E-state index is -0.603. The van der Waals surface area contributed by atoms with E-state index >= 15 is 0 Å². The van der Waals surface area contributed by atoms with E-state index in [0.29, 0.717) is 22.2 Å². The summed E-state index contributed by atoms with van der Waals surface area (Å²) in [5.74, 6) is -0.926. The zero-order chi connectivity index (χ0) is 23.4. The van der Waals surface area contributed by atoms with Gasteiger partial charge in [-0.25, -0.2) is 9.37 Å². The number of aromatic amines is 1. The lowest BCUT2D eigenvalue weighted by Gasteiger charge is -2.10. The first kappa shape index (κ1) is 22.2. The normalized spacial score (nSPS) is 10.6. The molecule has 0 radical (unpaired) electrons. The van der Waals surface area contributed by atoms with Gasteiger partial charge in [0.2, 0.25) is 5.91 Å². The average Bonchev–Trinajstić information content (AvgIpc) is 3.18. The van der Waals surface area contributed by atoms with Crippen LogP contribution in [-0.2, 0) is 11.2 Å². The molecule has 0 aliphatic rings. The number of amides is 2. The minimum Gasteiger partial charge on any atom is -0.341 e. The first-order valence-corrected chi connectivity index (χ1v) is 10.5. The topological polar surface area (TPSA) is 86.9 Å². The lowest BCUT2D eigenvalue weighted by Crippen LogP contribution is -2.17. The highest BCUT2D eigenvalue weighted by Gasteiger charge is 2.17. The molecule has 3 N–H and O–H groups in total. The molecule has 8 heteroatoms. The molecule has 4 rings (SSSR count). The fourth-order valence-corrected chi connectivity index (χ4v) is 3.51. The van der Waals surface area contributed by atoms with E-state index < -0.39 is 11.7 Å². The van der Waals surface area contributed by atoms with Crippen LogP contribution < -0.4 is 10.6 Å². The molecule has 33 heavy (non-hydrogen) atoms. The number of nitrogens with one attached hydrogen (secondary N) is 3. The highest BCUT2D eigenvalue weighted by molar-refractivity contribution is 6.30. The lowest BCUT2D eigenvalue weighted by molar-refractivity contribution is -0.115. The van der Waals surface area contributed by atoms with Crippen LogP contribution in [0.3, 0.4) is 0 Å². The van der Waals surface area contributed by atoms with Gasteiger partial charge in [-0.3, -0.25) is 9.59 Å². The van der Waals surface area contributed by atoms with Crippen LogP contribution in [0.25, 0.3) is 11.4 Å². The number of benzene rings is 3. The number of nitrogens with zero attached hydrogens (tertiary/aromatic N) is 1. The molecule has 6 nitrogen and oxygen atoms in total. The van der Waals surface area contributed by atoms with Crippen molar-refractivity contribution in [1.29, 1.82) is 0 Å². The molecule has 3 aromatic carbocycles. The Kier molecular flexibility index (Phi) is 6.51. The quantitative estimate of drug-likeness (QED) is 0.348. The zero-order valence-electron chi connectivity index (χ0n) is 17.7. The van der Waals surface area contributed by atoms with Crippen molar-refractivity contribution < 1.29 is 14.0 Å². The standard InChI is InChI=1S/C25H20ClFN4O2/c1-15-23(31-24(28-15)17-8-5-9-18(26)13-17)25(33)29-19-10-11-20(27)21(14-19)30-22(32)12-16-6-3-2-4-7-16/h2-11,13-14H,12H2,1H3,(H,28,31)(H,29,33)(H,30,32). The van der Waals surface area contributed by atoms with Crippen LogP contribution in [0.2, 0.25) is 5.02 Å². The summed E-state index contributed by atoms with van der Waals surface area (Å²) in [4.78, 5) is 32.6. The zero-order valence-corrected chi connectivity index (χ0v) is 18.4. The van der Waals surface area contributed by atoms with Crippen LogP contribution in [0, 0.1) is 12.7 Å². The maximum absolute atomic E-state index is 14.3. The lowest BCUT2D eigenvalue weighted by atomic mass is 10.1. The molecule has 0 fully saturated rings. The van der Waals surface area contributed by atoms with Crippen molar-refractivity contribution in [3.05, 3.63) is 101 Å². The van der Waals surface area contributed by atoms with Crippen LogP contribution in [0.4, 0.5) is 15.8 Å². The van der Waals surface area contributed by atoms with Crippen molar-refractivity contribution in [1.82, 2.24) is 9.97 Å². The third kappa shape index (κ3) is 5.45. The van der Waals surface area contributed by atoms with Gasteiger partial charge in [-0.15, -0.1) is 0 Å². The molecular weight excluding hydrogens is 443 g/mol. The number of aryl methyl sites for hydroxylation is 1. The maximum atomic E-state index is 14.3. The fraction of sp³-hybridized carbons (Fsp3) is 0.0800. The fourth-order valence-electron chi connectivity index (χ4n) is 3.32. The molecule has 0 spiro atoms. The van der Waals surface area contributed by atoms with Gasteiger partial charge in [0.25, 0.3) is 5.91 Å². The number of imidazole rings is 1. The van der Waals surface area contributed by atoms with Crippen molar-refractivity contribution in [3.8, 4) is 11.4 Å². The molecule has 0 bridgehead atoms. The number of anilines is 2. The summed E-state index contributed by atoms with van der Waals surface area (Å²) in [5.41, 5.74) is 2.62. The third-order valence-corrected chi connectivity index (χ3v) is 5.14. The van der Waals surface area contributed by atoms with Gasteiger partial charge in [-0.05, 0) is 42.8 Å². The van der Waals surface area contributed by atoms with Crippen LogP contribution in [0.5, 0.6) is 0 Å². The second kappa shape index (κ2) is 9.67. The number of rotatable bonds is 6. The van der Waals surface area contributed by atoms with Gasteiger partial charge in [0.05, 0.1) is 12.1 Å². The van der Waals surface area contributed by atoms with Crippen molar-refractivity contribution >= 4 is 34.8 Å². The molecule has 0 aliphatic heterocycles. The number of hydrogen-bond donors (Lipinski definition) is 3. The summed E-state index contributed by atoms with van der Waals surface area (Å²) in [6, 6.07) is 20.2. The molecule has 0 aliphatic carbocycles. The summed E-state index contributed by atoms with van der Waals surface area (Å²) >= 11 is 6.04. The number of halogens is 2. The van der Waals surface area contributed by atoms with Gasteiger partial charge in [-0.2, -0.15) is 0 Å². The Bertz CT molecular complexity index is 1320. The molecule has 0 saturated heterocycles. The van der Waals surface area contributed by atoms with E-state index in [1.54, 1.807) is 25.1 Å². The third-order valence-electron chi connectivity index (χ3n) is 4.90. The van der Waals surface area contributed by atoms with Crippen LogP contribution in [0.1, 0.15) is 21.7 Å². The highest BCUT2D eigenvalue weighted by atomic mass is 35.5. The summed E-state index contributed by atoms with van der Waals surface area (Å²) in [6.45, 7) is 1.73. The van der Waals surface area contributed by atoms with Gasteiger partial charge in [-0.1, -0.05) is 54.1 Å². The number of carbonyl (C=O) groups excluding carboxylic acids is 2. The summed E-state index contributed by atoms with van der Waals surface area (Å²) in [7, 11) is 0. The van der Waals surface area contributed by atoms with Crippen molar-refractivity contribution in [2.75, 3.05) is 10.6 Å². The minimum absolute atomic E-state index is 0.0212. The smallest absolute Gasteiger partial charge is 0.276 e. The Labute approximate surface area is 194 Å². The van der Waals surface area contributed by atoms with Crippen LogP contribution in [0.15, 0.2) is 72.8 Å². The molecule has 0 saturated carbocycles. The first-order valence-electron chi connectivity index (χ1n) is 10.2. The van der Waals surface area contributed by atoms with E-state index in [4.69, 9.17) is 11.6 Å². The number of hydrogen-bond acceptors (Lipinski definition) is 3. The Balaban J connectivity index is 1.48. The van der Waals surface area contributed by atoms with Crippen molar-refractivity contribution in [3.63, 3.8) is 0 Å². The second-order valence-corrected chi connectivity index (χ2v) is 7.87. The van der Waals surface area contributed by atoms with E-state index in [-0.39, 0.29) is 23.7 Å². The Hall–Kier alpha value is -3.97. The molecule has 0 unspecified atom stereocenters. The maximum Gasteiger partial charge on any atom is 0.276 e. The average molecular weight is 463 g/mol. The predicted octanol–water partition coefficient (Wildman–Crippen LogP) is 5.61. The van der Waals surface area contributed by atoms with Crippen LogP contribution >= 0.6 is 11.6 Å². The van der Waals surface area contributed by atoms with Crippen molar-refractivity contribution in [2.24, 2.45) is 0 Å². The number of H-pyrrole nitrogens is 1. The highest BCUT2D eigenvalue weighted by Crippen LogP contribution is 2.24. The molecule has 166 valence electrons. The van der Waals surface area contributed by atoms with E-state index in [1.807, 2.05) is 36.4 Å². The predicted molar refractivity (Wildman–Crippen MR) is 127 cm³/mol. The Morgan fingerprint density at radius 1 is 1.00 bits per heavy atom. The van der Waals surface area contributed by atoms with Crippen molar-refractivity contribution in [2.45, 2.75) is 13.3 Å².